The molecular formula is C13H19BrO4S. The lowest BCUT2D eigenvalue weighted by Crippen LogP contribution is -2.37. The summed E-state index contributed by atoms with van der Waals surface area (Å²) >= 11 is 3.34. The van der Waals surface area contributed by atoms with Gasteiger partial charge in [-0.25, -0.2) is 8.42 Å². The van der Waals surface area contributed by atoms with Gasteiger partial charge in [0.25, 0.3) is 0 Å². The van der Waals surface area contributed by atoms with E-state index in [1.165, 1.54) is 0 Å². The number of rotatable bonds is 7. The van der Waals surface area contributed by atoms with Crippen molar-refractivity contribution >= 4 is 25.8 Å². The van der Waals surface area contributed by atoms with Crippen LogP contribution in [-0.2, 0) is 15.3 Å². The van der Waals surface area contributed by atoms with Gasteiger partial charge >= 0.3 is 0 Å². The molecule has 0 saturated carbocycles. The summed E-state index contributed by atoms with van der Waals surface area (Å²) in [6.07, 6.45) is 0.201. The van der Waals surface area contributed by atoms with E-state index in [1.54, 1.807) is 25.1 Å². The zero-order valence-electron chi connectivity index (χ0n) is 10.8. The first-order valence-electron chi connectivity index (χ1n) is 6.07. The molecule has 4 nitrogen and oxygen atoms in total. The minimum absolute atomic E-state index is 0.0445. The van der Waals surface area contributed by atoms with Gasteiger partial charge in [0.1, 0.15) is 9.84 Å². The van der Waals surface area contributed by atoms with Gasteiger partial charge in [-0.3, -0.25) is 0 Å². The zero-order chi connectivity index (χ0) is 14.5. The van der Waals surface area contributed by atoms with Crippen LogP contribution >= 0.6 is 15.9 Å². The van der Waals surface area contributed by atoms with Gasteiger partial charge in [-0.05, 0) is 24.1 Å². The highest BCUT2D eigenvalue weighted by Gasteiger charge is 2.32. The summed E-state index contributed by atoms with van der Waals surface area (Å²) in [6, 6.07) is 7.22. The first-order chi connectivity index (χ1) is 8.89. The third-order valence-electron chi connectivity index (χ3n) is 3.37. The molecule has 19 heavy (non-hydrogen) atoms. The van der Waals surface area contributed by atoms with Crippen molar-refractivity contribution in [2.24, 2.45) is 0 Å². The number of sulfone groups is 1. The van der Waals surface area contributed by atoms with Crippen LogP contribution in [0.1, 0.15) is 18.9 Å². The molecule has 0 heterocycles. The van der Waals surface area contributed by atoms with Gasteiger partial charge in [0.05, 0.1) is 19.0 Å². The maximum atomic E-state index is 11.6. The number of hydrogen-bond acceptors (Lipinski definition) is 4. The van der Waals surface area contributed by atoms with Gasteiger partial charge in [0, 0.05) is 15.6 Å². The lowest BCUT2D eigenvalue weighted by Gasteiger charge is -2.30. The smallest absolute Gasteiger partial charge is 0.150 e. The molecule has 0 aliphatic heterocycles. The number of aliphatic hydroxyl groups excluding tert-OH is 2. The van der Waals surface area contributed by atoms with Crippen LogP contribution in [0.4, 0.5) is 0 Å². The summed E-state index contributed by atoms with van der Waals surface area (Å²) in [7, 11) is -3.12. The molecule has 0 bridgehead atoms. The minimum atomic E-state index is -3.12. The molecule has 1 aromatic carbocycles. The van der Waals surface area contributed by atoms with E-state index in [0.717, 1.165) is 10.0 Å². The topological polar surface area (TPSA) is 74.6 Å². The van der Waals surface area contributed by atoms with Crippen LogP contribution in [-0.4, -0.2) is 43.4 Å². The molecule has 0 atom stereocenters. The molecular weight excluding hydrogens is 332 g/mol. The van der Waals surface area contributed by atoms with E-state index in [1.807, 2.05) is 6.07 Å². The predicted molar refractivity (Wildman–Crippen MR) is 78.9 cm³/mol. The molecule has 2 N–H and O–H groups in total. The largest absolute Gasteiger partial charge is 0.395 e. The maximum Gasteiger partial charge on any atom is 0.150 e. The third-order valence-corrected chi connectivity index (χ3v) is 5.57. The van der Waals surface area contributed by atoms with Gasteiger partial charge in [0.15, 0.2) is 0 Å². The van der Waals surface area contributed by atoms with E-state index < -0.39 is 15.3 Å². The summed E-state index contributed by atoms with van der Waals surface area (Å²) in [5, 5.41) is 19.2. The van der Waals surface area contributed by atoms with Gasteiger partial charge in [0.2, 0.25) is 0 Å². The van der Waals surface area contributed by atoms with Crippen molar-refractivity contribution < 1.29 is 18.6 Å². The van der Waals surface area contributed by atoms with Crippen LogP contribution in [0.15, 0.2) is 28.7 Å². The average Bonchev–Trinajstić information content (AvgIpc) is 2.41. The Labute approximate surface area is 122 Å². The molecule has 0 saturated heterocycles. The van der Waals surface area contributed by atoms with Gasteiger partial charge in [-0.2, -0.15) is 0 Å². The van der Waals surface area contributed by atoms with E-state index >= 15 is 0 Å². The van der Waals surface area contributed by atoms with Crippen molar-refractivity contribution in [3.63, 3.8) is 0 Å². The van der Waals surface area contributed by atoms with Crippen molar-refractivity contribution in [2.45, 2.75) is 18.8 Å². The van der Waals surface area contributed by atoms with Crippen LogP contribution in [0.5, 0.6) is 0 Å². The van der Waals surface area contributed by atoms with Crippen LogP contribution < -0.4 is 0 Å². The van der Waals surface area contributed by atoms with Gasteiger partial charge in [-0.15, -0.1) is 0 Å². The van der Waals surface area contributed by atoms with Crippen LogP contribution in [0.3, 0.4) is 0 Å². The molecule has 0 fully saturated rings. The van der Waals surface area contributed by atoms with Gasteiger partial charge in [-0.1, -0.05) is 35.0 Å². The fraction of sp³-hybridized carbons (Fsp3) is 0.538. The van der Waals surface area contributed by atoms with E-state index in [9.17, 15) is 18.6 Å². The van der Waals surface area contributed by atoms with Gasteiger partial charge < -0.3 is 10.2 Å². The van der Waals surface area contributed by atoms with Crippen LogP contribution in [0.25, 0.3) is 0 Å². The minimum Gasteiger partial charge on any atom is -0.395 e. The molecule has 1 aromatic rings. The Morgan fingerprint density at radius 1 is 1.26 bits per heavy atom. The summed E-state index contributed by atoms with van der Waals surface area (Å²) in [6.45, 7) is 1.01. The zero-order valence-corrected chi connectivity index (χ0v) is 13.2. The summed E-state index contributed by atoms with van der Waals surface area (Å²) in [4.78, 5) is 0. The summed E-state index contributed by atoms with van der Waals surface area (Å²) in [5.74, 6) is 0.0234. The molecule has 0 amide bonds. The van der Waals surface area contributed by atoms with Crippen molar-refractivity contribution in [2.75, 3.05) is 24.7 Å². The first kappa shape index (κ1) is 16.6. The highest BCUT2D eigenvalue weighted by molar-refractivity contribution is 9.10. The molecule has 0 radical (unpaired) electrons. The number of hydrogen-bond donors (Lipinski definition) is 2. The fourth-order valence-electron chi connectivity index (χ4n) is 1.85. The highest BCUT2D eigenvalue weighted by Crippen LogP contribution is 2.30. The number of halogens is 1. The van der Waals surface area contributed by atoms with Crippen molar-refractivity contribution in [1.82, 2.24) is 0 Å². The SMILES string of the molecule is CCS(=O)(=O)CCC(CO)(CO)c1cccc(Br)c1. The average molecular weight is 351 g/mol. The highest BCUT2D eigenvalue weighted by atomic mass is 79.9. The summed E-state index contributed by atoms with van der Waals surface area (Å²) in [5.41, 5.74) is -0.190. The van der Waals surface area contributed by atoms with Crippen molar-refractivity contribution in [3.8, 4) is 0 Å². The van der Waals surface area contributed by atoms with Crippen molar-refractivity contribution in [3.05, 3.63) is 34.3 Å². The number of benzene rings is 1. The maximum absolute atomic E-state index is 11.6. The van der Waals surface area contributed by atoms with Crippen molar-refractivity contribution in [1.29, 1.82) is 0 Å². The second kappa shape index (κ2) is 6.83. The Hall–Kier alpha value is -0.430. The van der Waals surface area contributed by atoms with E-state index in [0.29, 0.717) is 0 Å². The second-order valence-corrected chi connectivity index (χ2v) is 7.98. The molecule has 1 rings (SSSR count). The standard InChI is InChI=1S/C13H19BrO4S/c1-2-19(17,18)7-6-13(9-15,10-16)11-4-3-5-12(14)8-11/h3-5,8,15-16H,2,6-7,9-10H2,1H3. The van der Waals surface area contributed by atoms with Crippen LogP contribution in [0, 0.1) is 0 Å². The fourth-order valence-corrected chi connectivity index (χ4v) is 3.24. The quantitative estimate of drug-likeness (QED) is 0.781. The van der Waals surface area contributed by atoms with E-state index in [2.05, 4.69) is 15.9 Å². The lowest BCUT2D eigenvalue weighted by atomic mass is 9.79. The Morgan fingerprint density at radius 2 is 1.89 bits per heavy atom. The number of aliphatic hydroxyl groups is 2. The molecule has 6 heteroatoms. The lowest BCUT2D eigenvalue weighted by molar-refractivity contribution is 0.114. The molecule has 0 unspecified atom stereocenters. The Balaban J connectivity index is 3.04. The molecule has 108 valence electrons. The van der Waals surface area contributed by atoms with E-state index in [-0.39, 0.29) is 31.1 Å². The van der Waals surface area contributed by atoms with Crippen LogP contribution in [0.2, 0.25) is 0 Å². The Morgan fingerprint density at radius 3 is 2.37 bits per heavy atom. The van der Waals surface area contributed by atoms with E-state index in [4.69, 9.17) is 0 Å². The Bertz CT molecular complexity index is 509. The second-order valence-electron chi connectivity index (χ2n) is 4.59. The predicted octanol–water partition coefficient (Wildman–Crippen LogP) is 1.50. The summed E-state index contributed by atoms with van der Waals surface area (Å²) < 4.78 is 24.0. The first-order valence-corrected chi connectivity index (χ1v) is 8.69. The third kappa shape index (κ3) is 4.27. The molecule has 0 aliphatic rings. The Kier molecular flexibility index (Phi) is 5.98. The monoisotopic (exact) mass is 350 g/mol. The molecule has 0 aromatic heterocycles. The normalized spacial score (nSPS) is 12.6. The molecule has 0 aliphatic carbocycles. The molecule has 0 spiro atoms.